The van der Waals surface area contributed by atoms with Crippen molar-refractivity contribution in [1.82, 2.24) is 29.8 Å². The van der Waals surface area contributed by atoms with E-state index in [0.29, 0.717) is 11.6 Å². The zero-order chi connectivity index (χ0) is 18.1. The summed E-state index contributed by atoms with van der Waals surface area (Å²) in [6.07, 6.45) is 1.95. The van der Waals surface area contributed by atoms with Crippen LogP contribution in [0.25, 0.3) is 0 Å². The second-order valence-corrected chi connectivity index (χ2v) is 7.44. The van der Waals surface area contributed by atoms with Crippen molar-refractivity contribution in [2.24, 2.45) is 7.05 Å². The van der Waals surface area contributed by atoms with Crippen molar-refractivity contribution in [1.29, 1.82) is 0 Å². The summed E-state index contributed by atoms with van der Waals surface area (Å²) in [7, 11) is 6.05. The van der Waals surface area contributed by atoms with Crippen molar-refractivity contribution in [3.05, 3.63) is 34.9 Å². The minimum absolute atomic E-state index is 0.00883. The average molecular weight is 344 g/mol. The molecule has 2 aromatic rings. The number of H-pyrrole nitrogens is 1. The van der Waals surface area contributed by atoms with Crippen molar-refractivity contribution in [3.8, 4) is 0 Å². The van der Waals surface area contributed by atoms with Crippen LogP contribution in [0.2, 0.25) is 0 Å². The van der Waals surface area contributed by atoms with E-state index < -0.39 is 0 Å². The molecular weight excluding hydrogens is 316 g/mol. The normalized spacial score (nSPS) is 17.9. The zero-order valence-corrected chi connectivity index (χ0v) is 15.8. The van der Waals surface area contributed by atoms with Gasteiger partial charge < -0.3 is 9.80 Å². The Bertz CT molecular complexity index is 745. The molecule has 136 valence electrons. The molecule has 0 saturated carbocycles. The fourth-order valence-corrected chi connectivity index (χ4v) is 3.37. The van der Waals surface area contributed by atoms with E-state index in [1.807, 2.05) is 36.8 Å². The molecule has 1 atom stereocenters. The lowest BCUT2D eigenvalue weighted by molar-refractivity contribution is 0.0726. The standard InChI is InChI=1S/C18H28N6O/c1-12(2)14-10-16(20-19-14)18(25)24-8-6-7-17(24)15-9-13(11-22(3)4)23(5)21-15/h9-10,12,17H,6-8,11H2,1-5H3,(H,19,20)/t17-/m1/s1. The highest BCUT2D eigenvalue weighted by molar-refractivity contribution is 5.92. The second-order valence-electron chi connectivity index (χ2n) is 7.44. The predicted octanol–water partition coefficient (Wildman–Crippen LogP) is 2.31. The summed E-state index contributed by atoms with van der Waals surface area (Å²) < 4.78 is 1.92. The molecule has 1 aliphatic rings. The first-order chi connectivity index (χ1) is 11.9. The van der Waals surface area contributed by atoms with Gasteiger partial charge in [0, 0.05) is 25.8 Å². The Kier molecular flexibility index (Phi) is 4.94. The van der Waals surface area contributed by atoms with Crippen LogP contribution in [0.3, 0.4) is 0 Å². The lowest BCUT2D eigenvalue weighted by Gasteiger charge is -2.22. The quantitative estimate of drug-likeness (QED) is 0.903. The van der Waals surface area contributed by atoms with E-state index in [2.05, 4.69) is 40.1 Å². The minimum Gasteiger partial charge on any atom is -0.329 e. The number of nitrogens with zero attached hydrogens (tertiary/aromatic N) is 5. The third-order valence-electron chi connectivity index (χ3n) is 4.77. The first-order valence-electron chi connectivity index (χ1n) is 8.90. The lowest BCUT2D eigenvalue weighted by Crippen LogP contribution is -2.31. The van der Waals surface area contributed by atoms with Gasteiger partial charge in [-0.05, 0) is 45.0 Å². The number of likely N-dealkylation sites (tertiary alicyclic amines) is 1. The van der Waals surface area contributed by atoms with Gasteiger partial charge in [0.05, 0.1) is 17.4 Å². The van der Waals surface area contributed by atoms with E-state index in [-0.39, 0.29) is 11.9 Å². The van der Waals surface area contributed by atoms with Crippen LogP contribution < -0.4 is 0 Å². The maximum Gasteiger partial charge on any atom is 0.274 e. The van der Waals surface area contributed by atoms with E-state index in [4.69, 9.17) is 0 Å². The number of aryl methyl sites for hydroxylation is 1. The molecular formula is C18H28N6O. The van der Waals surface area contributed by atoms with Crippen LogP contribution in [-0.4, -0.2) is 56.3 Å². The van der Waals surface area contributed by atoms with Gasteiger partial charge in [-0.25, -0.2) is 0 Å². The monoisotopic (exact) mass is 344 g/mol. The van der Waals surface area contributed by atoms with Gasteiger partial charge in [-0.2, -0.15) is 10.2 Å². The molecule has 7 nitrogen and oxygen atoms in total. The number of nitrogens with one attached hydrogen (secondary N) is 1. The number of aromatic amines is 1. The Morgan fingerprint density at radius 1 is 1.40 bits per heavy atom. The van der Waals surface area contributed by atoms with E-state index in [1.54, 1.807) is 0 Å². The summed E-state index contributed by atoms with van der Waals surface area (Å²) in [5.41, 5.74) is 3.62. The van der Waals surface area contributed by atoms with Gasteiger partial charge in [0.1, 0.15) is 5.69 Å². The molecule has 25 heavy (non-hydrogen) atoms. The molecule has 1 N–H and O–H groups in total. The van der Waals surface area contributed by atoms with Gasteiger partial charge in [0.2, 0.25) is 0 Å². The molecule has 1 saturated heterocycles. The van der Waals surface area contributed by atoms with E-state index in [1.165, 1.54) is 0 Å². The van der Waals surface area contributed by atoms with Gasteiger partial charge in [-0.1, -0.05) is 13.8 Å². The van der Waals surface area contributed by atoms with Crippen molar-refractivity contribution in [2.45, 2.75) is 45.2 Å². The van der Waals surface area contributed by atoms with Gasteiger partial charge in [-0.15, -0.1) is 0 Å². The number of amides is 1. The van der Waals surface area contributed by atoms with Crippen molar-refractivity contribution >= 4 is 5.91 Å². The molecule has 1 aliphatic heterocycles. The Balaban J connectivity index is 1.81. The smallest absolute Gasteiger partial charge is 0.274 e. The first kappa shape index (κ1) is 17.7. The summed E-state index contributed by atoms with van der Waals surface area (Å²) in [5, 5.41) is 11.9. The highest BCUT2D eigenvalue weighted by Crippen LogP contribution is 2.32. The SMILES string of the molecule is CC(C)c1cc(C(=O)N2CCC[C@@H]2c2cc(CN(C)C)n(C)n2)n[nH]1. The van der Waals surface area contributed by atoms with Gasteiger partial charge in [0.25, 0.3) is 5.91 Å². The topological polar surface area (TPSA) is 70.1 Å². The molecule has 2 aromatic heterocycles. The molecule has 0 bridgehead atoms. The summed E-state index contributed by atoms with van der Waals surface area (Å²) >= 11 is 0. The fraction of sp³-hybridized carbons (Fsp3) is 0.611. The van der Waals surface area contributed by atoms with Crippen LogP contribution in [-0.2, 0) is 13.6 Å². The number of rotatable bonds is 5. The number of carbonyl (C=O) groups excluding carboxylic acids is 1. The fourth-order valence-electron chi connectivity index (χ4n) is 3.37. The van der Waals surface area contributed by atoms with E-state index >= 15 is 0 Å². The molecule has 3 rings (SSSR count). The van der Waals surface area contributed by atoms with Crippen molar-refractivity contribution in [2.75, 3.05) is 20.6 Å². The highest BCUT2D eigenvalue weighted by atomic mass is 16.2. The van der Waals surface area contributed by atoms with Crippen molar-refractivity contribution < 1.29 is 4.79 Å². The second kappa shape index (κ2) is 7.00. The summed E-state index contributed by atoms with van der Waals surface area (Å²) in [6.45, 7) is 5.76. The van der Waals surface area contributed by atoms with E-state index in [0.717, 1.165) is 43.0 Å². The average Bonchev–Trinajstić information content (AvgIpc) is 3.25. The minimum atomic E-state index is -0.00883. The molecule has 0 spiro atoms. The Labute approximate surface area is 149 Å². The molecule has 0 aliphatic carbocycles. The van der Waals surface area contributed by atoms with Crippen LogP contribution in [0.15, 0.2) is 12.1 Å². The van der Waals surface area contributed by atoms with Gasteiger partial charge in [0.15, 0.2) is 0 Å². The highest BCUT2D eigenvalue weighted by Gasteiger charge is 2.33. The molecule has 1 fully saturated rings. The molecule has 0 unspecified atom stereocenters. The van der Waals surface area contributed by atoms with Crippen molar-refractivity contribution in [3.63, 3.8) is 0 Å². The predicted molar refractivity (Wildman–Crippen MR) is 96.3 cm³/mol. The summed E-state index contributed by atoms with van der Waals surface area (Å²) in [5.74, 6) is 0.318. The van der Waals surface area contributed by atoms with Crippen LogP contribution in [0.5, 0.6) is 0 Å². The number of carbonyl (C=O) groups is 1. The molecule has 0 aromatic carbocycles. The lowest BCUT2D eigenvalue weighted by atomic mass is 10.1. The number of hydrogen-bond acceptors (Lipinski definition) is 4. The van der Waals surface area contributed by atoms with E-state index in [9.17, 15) is 4.79 Å². The van der Waals surface area contributed by atoms with Crippen LogP contribution in [0, 0.1) is 0 Å². The van der Waals surface area contributed by atoms with Gasteiger partial charge >= 0.3 is 0 Å². The van der Waals surface area contributed by atoms with Gasteiger partial charge in [-0.3, -0.25) is 14.6 Å². The molecule has 0 radical (unpaired) electrons. The third-order valence-corrected chi connectivity index (χ3v) is 4.77. The van der Waals surface area contributed by atoms with Crippen LogP contribution in [0.1, 0.15) is 66.2 Å². The zero-order valence-electron chi connectivity index (χ0n) is 15.8. The van der Waals surface area contributed by atoms with Crippen LogP contribution >= 0.6 is 0 Å². The summed E-state index contributed by atoms with van der Waals surface area (Å²) in [4.78, 5) is 17.0. The molecule has 7 heteroatoms. The molecule has 3 heterocycles. The largest absolute Gasteiger partial charge is 0.329 e. The Morgan fingerprint density at radius 2 is 2.16 bits per heavy atom. The maximum atomic E-state index is 12.9. The van der Waals surface area contributed by atoms with Crippen LogP contribution in [0.4, 0.5) is 0 Å². The maximum absolute atomic E-state index is 12.9. The Morgan fingerprint density at radius 3 is 2.80 bits per heavy atom. The summed E-state index contributed by atoms with van der Waals surface area (Å²) in [6, 6.07) is 4.03. The molecule has 1 amide bonds. The third kappa shape index (κ3) is 3.61. The first-order valence-corrected chi connectivity index (χ1v) is 8.90. The number of aromatic nitrogens is 4. The Hall–Kier alpha value is -2.15. The number of hydrogen-bond donors (Lipinski definition) is 1.